The van der Waals surface area contributed by atoms with Gasteiger partial charge in [0.1, 0.15) is 0 Å². The minimum Gasteiger partial charge on any atom is -0.478 e. The number of aromatic carboxylic acids is 1. The molecule has 1 saturated heterocycles. The van der Waals surface area contributed by atoms with E-state index in [4.69, 9.17) is 9.84 Å². The smallest absolute Gasteiger partial charge is 0.336 e. The summed E-state index contributed by atoms with van der Waals surface area (Å²) in [5.41, 5.74) is 0.858. The number of nitro benzene ring substituents is 1. The fraction of sp³-hybridized carbons (Fsp3) is 0.500. The molecule has 21 heavy (non-hydrogen) atoms. The van der Waals surface area contributed by atoms with Gasteiger partial charge in [0.2, 0.25) is 0 Å². The lowest BCUT2D eigenvalue weighted by molar-refractivity contribution is -0.385. The summed E-state index contributed by atoms with van der Waals surface area (Å²) in [6.45, 7) is 5.39. The van der Waals surface area contributed by atoms with E-state index < -0.39 is 10.9 Å². The third-order valence-corrected chi connectivity index (χ3v) is 3.73. The number of rotatable bonds is 4. The summed E-state index contributed by atoms with van der Waals surface area (Å²) in [6, 6.07) is 2.61. The molecule has 1 fully saturated rings. The van der Waals surface area contributed by atoms with Crippen molar-refractivity contribution >= 4 is 17.3 Å². The Morgan fingerprint density at radius 1 is 1.57 bits per heavy atom. The second-order valence-electron chi connectivity index (χ2n) is 5.05. The number of hydrogen-bond acceptors (Lipinski definition) is 5. The van der Waals surface area contributed by atoms with Crippen molar-refractivity contribution in [2.45, 2.75) is 26.4 Å². The molecular formula is C14H18N2O5. The van der Waals surface area contributed by atoms with Crippen LogP contribution in [0.2, 0.25) is 0 Å². The van der Waals surface area contributed by atoms with Crippen LogP contribution in [0, 0.1) is 17.0 Å². The third-order valence-electron chi connectivity index (χ3n) is 3.73. The van der Waals surface area contributed by atoms with Gasteiger partial charge in [-0.2, -0.15) is 0 Å². The first kappa shape index (κ1) is 15.2. The zero-order valence-electron chi connectivity index (χ0n) is 12.0. The van der Waals surface area contributed by atoms with Crippen LogP contribution in [0.5, 0.6) is 0 Å². The van der Waals surface area contributed by atoms with Crippen LogP contribution in [0.15, 0.2) is 12.1 Å². The predicted octanol–water partition coefficient (Wildman–Crippen LogP) is 2.22. The second kappa shape index (κ2) is 6.09. The maximum atomic E-state index is 11.2. The van der Waals surface area contributed by atoms with Crippen LogP contribution in [-0.2, 0) is 4.74 Å². The van der Waals surface area contributed by atoms with Gasteiger partial charge in [-0.05, 0) is 19.4 Å². The summed E-state index contributed by atoms with van der Waals surface area (Å²) in [4.78, 5) is 23.7. The maximum absolute atomic E-state index is 11.2. The van der Waals surface area contributed by atoms with Crippen molar-refractivity contribution in [3.8, 4) is 0 Å². The Hall–Kier alpha value is -2.15. The highest BCUT2D eigenvalue weighted by Gasteiger charge is 2.25. The molecule has 1 aliphatic rings. The number of carbonyl (C=O) groups is 1. The highest BCUT2D eigenvalue weighted by atomic mass is 16.6. The molecule has 2 rings (SSSR count). The van der Waals surface area contributed by atoms with Gasteiger partial charge >= 0.3 is 5.97 Å². The number of anilines is 1. The first-order chi connectivity index (χ1) is 9.93. The van der Waals surface area contributed by atoms with Gasteiger partial charge in [0.25, 0.3) is 5.69 Å². The fourth-order valence-electron chi connectivity index (χ4n) is 2.51. The molecule has 0 aromatic heterocycles. The topological polar surface area (TPSA) is 92.9 Å². The lowest BCUT2D eigenvalue weighted by atomic mass is 10.1. The number of nitro groups is 1. The number of carboxylic acids is 1. The minimum atomic E-state index is -1.17. The molecule has 1 unspecified atom stereocenters. The Kier molecular flexibility index (Phi) is 4.42. The van der Waals surface area contributed by atoms with Crippen molar-refractivity contribution in [1.29, 1.82) is 0 Å². The molecule has 114 valence electrons. The summed E-state index contributed by atoms with van der Waals surface area (Å²) < 4.78 is 5.58. The van der Waals surface area contributed by atoms with E-state index in [0.29, 0.717) is 30.9 Å². The average Bonchev–Trinajstić information content (AvgIpc) is 2.46. The predicted molar refractivity (Wildman–Crippen MR) is 77.0 cm³/mol. The molecule has 7 nitrogen and oxygen atoms in total. The third kappa shape index (κ3) is 3.13. The van der Waals surface area contributed by atoms with Gasteiger partial charge < -0.3 is 14.7 Å². The summed E-state index contributed by atoms with van der Waals surface area (Å²) in [6.07, 6.45) is 0.904. The Morgan fingerprint density at radius 2 is 2.29 bits per heavy atom. The Morgan fingerprint density at radius 3 is 2.86 bits per heavy atom. The SMILES string of the molecule is CCC1CN(c2cc(C(=O)O)cc([N+](=O)[O-])c2C)CCO1. The molecule has 1 aromatic carbocycles. The van der Waals surface area contributed by atoms with E-state index in [2.05, 4.69) is 0 Å². The van der Waals surface area contributed by atoms with E-state index in [9.17, 15) is 14.9 Å². The van der Waals surface area contributed by atoms with E-state index in [0.717, 1.165) is 12.5 Å². The number of hydrogen-bond donors (Lipinski definition) is 1. The van der Waals surface area contributed by atoms with Gasteiger partial charge in [-0.25, -0.2) is 4.79 Å². The summed E-state index contributed by atoms with van der Waals surface area (Å²) in [7, 11) is 0. The lowest BCUT2D eigenvalue weighted by Crippen LogP contribution is -2.42. The van der Waals surface area contributed by atoms with Crippen molar-refractivity contribution in [2.75, 3.05) is 24.6 Å². The monoisotopic (exact) mass is 294 g/mol. The molecule has 0 amide bonds. The molecule has 0 aliphatic carbocycles. The minimum absolute atomic E-state index is 0.0608. The van der Waals surface area contributed by atoms with Crippen LogP contribution in [0.3, 0.4) is 0 Å². The highest BCUT2D eigenvalue weighted by molar-refractivity contribution is 5.90. The summed E-state index contributed by atoms with van der Waals surface area (Å²) >= 11 is 0. The van der Waals surface area contributed by atoms with Crippen molar-refractivity contribution < 1.29 is 19.6 Å². The van der Waals surface area contributed by atoms with Crippen molar-refractivity contribution in [1.82, 2.24) is 0 Å². The summed E-state index contributed by atoms with van der Waals surface area (Å²) in [5.74, 6) is -1.17. The Bertz CT molecular complexity index is 573. The normalized spacial score (nSPS) is 18.6. The van der Waals surface area contributed by atoms with Gasteiger partial charge in [0.15, 0.2) is 0 Å². The summed E-state index contributed by atoms with van der Waals surface area (Å²) in [5, 5.41) is 20.3. The number of nitrogens with zero attached hydrogens (tertiary/aromatic N) is 2. The van der Waals surface area contributed by atoms with Gasteiger partial charge in [-0.1, -0.05) is 6.92 Å². The number of morpholine rings is 1. The number of ether oxygens (including phenoxy) is 1. The zero-order chi connectivity index (χ0) is 15.6. The van der Waals surface area contributed by atoms with Crippen LogP contribution >= 0.6 is 0 Å². The average molecular weight is 294 g/mol. The van der Waals surface area contributed by atoms with Gasteiger partial charge in [0.05, 0.1) is 28.8 Å². The number of benzene rings is 1. The van der Waals surface area contributed by atoms with E-state index in [-0.39, 0.29) is 17.4 Å². The van der Waals surface area contributed by atoms with E-state index in [1.165, 1.54) is 6.07 Å². The van der Waals surface area contributed by atoms with Crippen LogP contribution in [0.25, 0.3) is 0 Å². The van der Waals surface area contributed by atoms with Crippen molar-refractivity contribution in [3.63, 3.8) is 0 Å². The van der Waals surface area contributed by atoms with Crippen LogP contribution in [-0.4, -0.2) is 41.8 Å². The number of carboxylic acid groups (broad SMARTS) is 1. The molecule has 0 bridgehead atoms. The molecule has 1 N–H and O–H groups in total. The van der Waals surface area contributed by atoms with E-state index >= 15 is 0 Å². The first-order valence-corrected chi connectivity index (χ1v) is 6.83. The van der Waals surface area contributed by atoms with Crippen LogP contribution in [0.4, 0.5) is 11.4 Å². The fourth-order valence-corrected chi connectivity index (χ4v) is 2.51. The molecule has 1 atom stereocenters. The molecule has 1 heterocycles. The Labute approximate surface area is 122 Å². The first-order valence-electron chi connectivity index (χ1n) is 6.83. The van der Waals surface area contributed by atoms with Gasteiger partial charge in [-0.3, -0.25) is 10.1 Å². The quantitative estimate of drug-likeness (QED) is 0.676. The lowest BCUT2D eigenvalue weighted by Gasteiger charge is -2.35. The van der Waals surface area contributed by atoms with Crippen molar-refractivity contribution in [2.24, 2.45) is 0 Å². The molecule has 7 heteroatoms. The largest absolute Gasteiger partial charge is 0.478 e. The maximum Gasteiger partial charge on any atom is 0.336 e. The highest BCUT2D eigenvalue weighted by Crippen LogP contribution is 2.31. The van der Waals surface area contributed by atoms with Crippen LogP contribution < -0.4 is 4.90 Å². The van der Waals surface area contributed by atoms with E-state index in [1.54, 1.807) is 6.92 Å². The molecular weight excluding hydrogens is 276 g/mol. The van der Waals surface area contributed by atoms with Gasteiger partial charge in [0, 0.05) is 24.8 Å². The van der Waals surface area contributed by atoms with Gasteiger partial charge in [-0.15, -0.1) is 0 Å². The molecule has 0 spiro atoms. The van der Waals surface area contributed by atoms with Crippen LogP contribution in [0.1, 0.15) is 29.3 Å². The van der Waals surface area contributed by atoms with Crippen molar-refractivity contribution in [3.05, 3.63) is 33.4 Å². The Balaban J connectivity index is 2.46. The molecule has 0 radical (unpaired) electrons. The molecule has 1 aromatic rings. The molecule has 1 aliphatic heterocycles. The standard InChI is InChI=1S/C14H18N2O5/c1-3-11-8-15(4-5-21-11)12-6-10(14(17)18)7-13(9(12)2)16(19)20/h6-7,11H,3-5,8H2,1-2H3,(H,17,18). The molecule has 0 saturated carbocycles. The van der Waals surface area contributed by atoms with E-state index in [1.807, 2.05) is 11.8 Å². The zero-order valence-corrected chi connectivity index (χ0v) is 12.0. The second-order valence-corrected chi connectivity index (χ2v) is 5.05.